The number of rotatable bonds is 0. The van der Waals surface area contributed by atoms with Gasteiger partial charge < -0.3 is 5.11 Å². The second kappa shape index (κ2) is 7.32. The Balaban J connectivity index is 0.000000667. The topological polar surface area (TPSA) is 20.2 Å². The van der Waals surface area contributed by atoms with E-state index in [1.165, 1.54) is 26.9 Å². The molecule has 0 bridgehead atoms. The van der Waals surface area contributed by atoms with Crippen molar-refractivity contribution < 1.29 is 5.11 Å². The Labute approximate surface area is 183 Å². The maximum atomic E-state index is 9.95. The molecule has 0 aliphatic rings. The number of phenolic OH excluding ortho intramolecular Hbond substituents is 1. The molecule has 4 aromatic rings. The molecule has 0 aliphatic carbocycles. The van der Waals surface area contributed by atoms with Crippen LogP contribution in [0.4, 0.5) is 0 Å². The zero-order valence-electron chi connectivity index (χ0n) is 12.1. The normalized spacial score (nSPS) is 10.0. The SMILES string of the molecule is Oc1ccc2ccc3cccc4ccc1c2c34.[Na].[Na].[Na]. The second-order valence-corrected chi connectivity index (χ2v) is 4.44. The summed E-state index contributed by atoms with van der Waals surface area (Å²) in [6, 6.07) is 18.4. The zero-order chi connectivity index (χ0) is 11.4. The summed E-state index contributed by atoms with van der Waals surface area (Å²) in [5.74, 6) is 0.357. The van der Waals surface area contributed by atoms with Crippen LogP contribution < -0.4 is 0 Å². The van der Waals surface area contributed by atoms with E-state index in [2.05, 4.69) is 36.4 Å². The van der Waals surface area contributed by atoms with Crippen LogP contribution in [0.15, 0.2) is 54.6 Å². The Bertz CT molecular complexity index is 842. The predicted molar refractivity (Wildman–Crippen MR) is 89.1 cm³/mol. The van der Waals surface area contributed by atoms with Crippen molar-refractivity contribution in [2.24, 2.45) is 0 Å². The summed E-state index contributed by atoms with van der Waals surface area (Å²) in [6.45, 7) is 0. The van der Waals surface area contributed by atoms with Crippen LogP contribution in [0.25, 0.3) is 32.3 Å². The molecule has 4 heteroatoms. The van der Waals surface area contributed by atoms with Gasteiger partial charge in [-0.05, 0) is 27.6 Å². The van der Waals surface area contributed by atoms with E-state index in [1.807, 2.05) is 12.1 Å². The number of aromatic hydroxyl groups is 1. The van der Waals surface area contributed by atoms with Gasteiger partial charge in [0.25, 0.3) is 0 Å². The average Bonchev–Trinajstić information content (AvgIpc) is 2.38. The van der Waals surface area contributed by atoms with Crippen molar-refractivity contribution >= 4 is 121 Å². The van der Waals surface area contributed by atoms with E-state index in [9.17, 15) is 5.11 Å². The molecular formula is C16H10Na3O. The molecular weight excluding hydrogens is 277 g/mol. The van der Waals surface area contributed by atoms with Crippen LogP contribution >= 0.6 is 0 Å². The molecule has 0 unspecified atom stereocenters. The van der Waals surface area contributed by atoms with Crippen molar-refractivity contribution in [2.45, 2.75) is 0 Å². The van der Waals surface area contributed by atoms with Crippen molar-refractivity contribution in [1.82, 2.24) is 0 Å². The molecule has 0 aromatic heterocycles. The summed E-state index contributed by atoms with van der Waals surface area (Å²) in [6.07, 6.45) is 0. The maximum absolute atomic E-state index is 9.95. The minimum Gasteiger partial charge on any atom is -0.507 e. The van der Waals surface area contributed by atoms with Crippen LogP contribution in [0.1, 0.15) is 0 Å². The van der Waals surface area contributed by atoms with Crippen molar-refractivity contribution in [1.29, 1.82) is 0 Å². The molecule has 0 amide bonds. The van der Waals surface area contributed by atoms with Gasteiger partial charge in [-0.1, -0.05) is 48.5 Å². The first kappa shape index (κ1) is 18.8. The summed E-state index contributed by atoms with van der Waals surface area (Å²) in [5.41, 5.74) is 0. The maximum Gasteiger partial charge on any atom is 0.123 e. The van der Waals surface area contributed by atoms with Gasteiger partial charge in [0.2, 0.25) is 0 Å². The van der Waals surface area contributed by atoms with Crippen molar-refractivity contribution in [3.05, 3.63) is 54.6 Å². The Morgan fingerprint density at radius 1 is 0.550 bits per heavy atom. The number of hydrogen-bond acceptors (Lipinski definition) is 1. The van der Waals surface area contributed by atoms with Gasteiger partial charge in [-0.15, -0.1) is 0 Å². The molecule has 20 heavy (non-hydrogen) atoms. The van der Waals surface area contributed by atoms with Gasteiger partial charge in [-0.3, -0.25) is 0 Å². The molecule has 0 saturated heterocycles. The third-order valence-corrected chi connectivity index (χ3v) is 3.51. The smallest absolute Gasteiger partial charge is 0.123 e. The van der Waals surface area contributed by atoms with Gasteiger partial charge >= 0.3 is 0 Å². The fourth-order valence-corrected chi connectivity index (χ4v) is 2.72. The summed E-state index contributed by atoms with van der Waals surface area (Å²) in [5, 5.41) is 16.9. The fourth-order valence-electron chi connectivity index (χ4n) is 2.72. The molecule has 1 N–H and O–H groups in total. The van der Waals surface area contributed by atoms with Crippen LogP contribution in [-0.2, 0) is 0 Å². The Morgan fingerprint density at radius 2 is 1.05 bits per heavy atom. The van der Waals surface area contributed by atoms with E-state index in [4.69, 9.17) is 0 Å². The van der Waals surface area contributed by atoms with Crippen molar-refractivity contribution in [2.75, 3.05) is 0 Å². The Kier molecular flexibility index (Phi) is 6.87. The van der Waals surface area contributed by atoms with Gasteiger partial charge in [0.15, 0.2) is 0 Å². The number of benzene rings is 4. The largest absolute Gasteiger partial charge is 0.507 e. The van der Waals surface area contributed by atoms with Crippen molar-refractivity contribution in [3.63, 3.8) is 0 Å². The van der Waals surface area contributed by atoms with Crippen LogP contribution in [0.2, 0.25) is 0 Å². The standard InChI is InChI=1S/C16H10O.3Na/c17-14-9-7-12-5-4-10-2-1-3-11-6-8-13(14)16(12)15(10)11;;;/h1-9,17H;;;. The van der Waals surface area contributed by atoms with Gasteiger partial charge in [0, 0.05) is 99.4 Å². The first-order valence-electron chi connectivity index (χ1n) is 5.70. The first-order valence-corrected chi connectivity index (χ1v) is 5.70. The molecule has 4 aromatic carbocycles. The van der Waals surface area contributed by atoms with E-state index >= 15 is 0 Å². The first-order chi connectivity index (χ1) is 8.34. The van der Waals surface area contributed by atoms with Gasteiger partial charge in [-0.2, -0.15) is 0 Å². The average molecular weight is 287 g/mol. The predicted octanol–water partition coefficient (Wildman–Crippen LogP) is 3.15. The van der Waals surface area contributed by atoms with Gasteiger partial charge in [0.05, 0.1) is 0 Å². The number of phenols is 1. The van der Waals surface area contributed by atoms with Crippen LogP contribution in [0, 0.1) is 0 Å². The van der Waals surface area contributed by atoms with Crippen LogP contribution in [0.5, 0.6) is 5.75 Å². The fraction of sp³-hybridized carbons (Fsp3) is 0. The van der Waals surface area contributed by atoms with Gasteiger partial charge in [-0.25, -0.2) is 0 Å². The molecule has 0 spiro atoms. The van der Waals surface area contributed by atoms with Crippen molar-refractivity contribution in [3.8, 4) is 5.75 Å². The van der Waals surface area contributed by atoms with Gasteiger partial charge in [0.1, 0.15) is 5.75 Å². The Hall–Kier alpha value is 0.720. The van der Waals surface area contributed by atoms with Crippen LogP contribution in [0.3, 0.4) is 0 Å². The van der Waals surface area contributed by atoms with E-state index in [-0.39, 0.29) is 88.7 Å². The van der Waals surface area contributed by atoms with Crippen LogP contribution in [-0.4, -0.2) is 93.8 Å². The monoisotopic (exact) mass is 287 g/mol. The summed E-state index contributed by atoms with van der Waals surface area (Å²) in [7, 11) is 0. The number of hydrogen-bond donors (Lipinski definition) is 1. The molecule has 1 nitrogen and oxygen atoms in total. The minimum absolute atomic E-state index is 0. The Morgan fingerprint density at radius 3 is 1.70 bits per heavy atom. The van der Waals surface area contributed by atoms with E-state index in [0.29, 0.717) is 5.75 Å². The second-order valence-electron chi connectivity index (χ2n) is 4.44. The van der Waals surface area contributed by atoms with E-state index in [1.54, 1.807) is 6.07 Å². The van der Waals surface area contributed by atoms with E-state index in [0.717, 1.165) is 5.39 Å². The third kappa shape index (κ3) is 2.81. The molecule has 0 aliphatic heterocycles. The summed E-state index contributed by atoms with van der Waals surface area (Å²) in [4.78, 5) is 0. The molecule has 4 rings (SSSR count). The molecule has 0 atom stereocenters. The third-order valence-electron chi connectivity index (χ3n) is 3.51. The molecule has 3 radical (unpaired) electrons. The van der Waals surface area contributed by atoms with E-state index < -0.39 is 0 Å². The molecule has 0 heterocycles. The molecule has 83 valence electrons. The summed E-state index contributed by atoms with van der Waals surface area (Å²) < 4.78 is 0. The minimum atomic E-state index is 0. The zero-order valence-corrected chi connectivity index (χ0v) is 18.1. The quantitative estimate of drug-likeness (QED) is 0.389. The molecule has 0 fully saturated rings. The summed E-state index contributed by atoms with van der Waals surface area (Å²) >= 11 is 0. The molecule has 0 saturated carbocycles.